The molecule has 1 aliphatic rings. The lowest BCUT2D eigenvalue weighted by atomic mass is 9.80. The minimum atomic E-state index is 0.0335. The van der Waals surface area contributed by atoms with E-state index in [0.29, 0.717) is 23.4 Å². The Balaban J connectivity index is 1.47. The lowest BCUT2D eigenvalue weighted by Gasteiger charge is -2.25. The first-order valence-corrected chi connectivity index (χ1v) is 11.7. The van der Waals surface area contributed by atoms with Gasteiger partial charge >= 0.3 is 0 Å². The number of aromatic nitrogens is 4. The molecule has 0 saturated heterocycles. The molecule has 8 heteroatoms. The van der Waals surface area contributed by atoms with Crippen LogP contribution in [0.4, 0.5) is 23.1 Å². The van der Waals surface area contributed by atoms with Gasteiger partial charge in [-0.15, -0.1) is 0 Å². The van der Waals surface area contributed by atoms with Crippen LogP contribution < -0.4 is 15.4 Å². The number of nitrogens with one attached hydrogen (secondary N) is 2. The molecule has 2 N–H and O–H groups in total. The van der Waals surface area contributed by atoms with E-state index < -0.39 is 0 Å². The van der Waals surface area contributed by atoms with Crippen LogP contribution in [0.5, 0.6) is 5.75 Å². The highest BCUT2D eigenvalue weighted by atomic mass is 35.5. The van der Waals surface area contributed by atoms with Gasteiger partial charge in [0.2, 0.25) is 5.95 Å². The van der Waals surface area contributed by atoms with E-state index in [4.69, 9.17) is 16.3 Å². The quantitative estimate of drug-likeness (QED) is 0.345. The Kier molecular flexibility index (Phi) is 5.87. The first kappa shape index (κ1) is 22.2. The number of hydrogen-bond donors (Lipinski definition) is 2. The van der Waals surface area contributed by atoms with Gasteiger partial charge in [-0.3, -0.25) is 0 Å². The predicted octanol–water partition coefficient (Wildman–Crippen LogP) is 6.47. The lowest BCUT2D eigenvalue weighted by Crippen LogP contribution is -2.16. The van der Waals surface area contributed by atoms with E-state index in [2.05, 4.69) is 45.5 Å². The standard InChI is InChI=1S/C26H27ClN6O/c1-26(2)12-7-15-34-22-18(26)9-6-11-21(22)31-25-29-16-19(27)23(32-25)30-20-10-5-4-8-17(20)24-28-13-14-33(24)3/h4-6,8-11,13-14,16H,7,12,15H2,1-3H3,(H2,29,30,31,32). The average Bonchev–Trinajstić information content (AvgIpc) is 3.18. The van der Waals surface area contributed by atoms with Gasteiger partial charge in [-0.25, -0.2) is 9.97 Å². The Morgan fingerprint density at radius 1 is 1.03 bits per heavy atom. The third-order valence-corrected chi connectivity index (χ3v) is 6.45. The SMILES string of the molecule is Cn1ccnc1-c1ccccc1Nc1nc(Nc2cccc3c2OCCCC3(C)C)ncc1Cl. The molecule has 0 atom stereocenters. The third kappa shape index (κ3) is 4.31. The molecular weight excluding hydrogens is 448 g/mol. The summed E-state index contributed by atoms with van der Waals surface area (Å²) in [4.78, 5) is 13.5. The van der Waals surface area contributed by atoms with E-state index in [1.807, 2.05) is 54.2 Å². The molecule has 5 rings (SSSR count). The van der Waals surface area contributed by atoms with Crippen molar-refractivity contribution in [1.82, 2.24) is 19.5 Å². The Hall–Kier alpha value is -3.58. The van der Waals surface area contributed by atoms with Gasteiger partial charge in [-0.1, -0.05) is 49.7 Å². The Morgan fingerprint density at radius 2 is 1.85 bits per heavy atom. The molecule has 0 unspecified atom stereocenters. The molecule has 7 nitrogen and oxygen atoms in total. The van der Waals surface area contributed by atoms with Crippen LogP contribution in [0.3, 0.4) is 0 Å². The molecular formula is C26H27ClN6O. The van der Waals surface area contributed by atoms with Crippen molar-refractivity contribution in [2.24, 2.45) is 7.05 Å². The van der Waals surface area contributed by atoms with Crippen molar-refractivity contribution in [3.8, 4) is 17.1 Å². The molecule has 3 heterocycles. The Labute approximate surface area is 204 Å². The average molecular weight is 475 g/mol. The van der Waals surface area contributed by atoms with Crippen molar-refractivity contribution in [3.05, 3.63) is 71.6 Å². The lowest BCUT2D eigenvalue weighted by molar-refractivity contribution is 0.315. The van der Waals surface area contributed by atoms with Gasteiger partial charge in [0.25, 0.3) is 0 Å². The van der Waals surface area contributed by atoms with Crippen molar-refractivity contribution in [2.75, 3.05) is 17.2 Å². The van der Waals surface area contributed by atoms with Crippen LogP contribution >= 0.6 is 11.6 Å². The Bertz CT molecular complexity index is 1330. The third-order valence-electron chi connectivity index (χ3n) is 6.17. The number of fused-ring (bicyclic) bond motifs is 1. The molecule has 0 amide bonds. The zero-order valence-electron chi connectivity index (χ0n) is 19.5. The second-order valence-corrected chi connectivity index (χ2v) is 9.47. The molecule has 4 aromatic rings. The van der Waals surface area contributed by atoms with Crippen molar-refractivity contribution in [1.29, 1.82) is 0 Å². The van der Waals surface area contributed by atoms with E-state index in [1.165, 1.54) is 5.56 Å². The number of anilines is 4. The van der Waals surface area contributed by atoms with Gasteiger partial charge in [0.05, 0.1) is 24.2 Å². The molecule has 0 bridgehead atoms. The normalized spacial score (nSPS) is 14.6. The van der Waals surface area contributed by atoms with Gasteiger partial charge in [0.15, 0.2) is 5.82 Å². The van der Waals surface area contributed by atoms with E-state index in [9.17, 15) is 0 Å². The molecule has 34 heavy (non-hydrogen) atoms. The van der Waals surface area contributed by atoms with Gasteiger partial charge in [-0.2, -0.15) is 4.98 Å². The number of rotatable bonds is 5. The molecule has 0 fully saturated rings. The number of benzene rings is 2. The van der Waals surface area contributed by atoms with E-state index in [1.54, 1.807) is 12.4 Å². The first-order valence-electron chi connectivity index (χ1n) is 11.3. The molecule has 0 saturated carbocycles. The fraction of sp³-hybridized carbons (Fsp3) is 0.269. The molecule has 174 valence electrons. The van der Waals surface area contributed by atoms with Crippen LogP contribution in [0.15, 0.2) is 61.1 Å². The summed E-state index contributed by atoms with van der Waals surface area (Å²) >= 11 is 6.47. The highest BCUT2D eigenvalue weighted by Crippen LogP contribution is 2.42. The summed E-state index contributed by atoms with van der Waals surface area (Å²) in [6.07, 6.45) is 7.37. The van der Waals surface area contributed by atoms with Crippen molar-refractivity contribution in [3.63, 3.8) is 0 Å². The summed E-state index contributed by atoms with van der Waals surface area (Å²) in [6, 6.07) is 14.1. The fourth-order valence-electron chi connectivity index (χ4n) is 4.32. The second-order valence-electron chi connectivity index (χ2n) is 9.07. The van der Waals surface area contributed by atoms with Crippen molar-refractivity contribution in [2.45, 2.75) is 32.1 Å². The fourth-order valence-corrected chi connectivity index (χ4v) is 4.46. The molecule has 0 spiro atoms. The number of hydrogen-bond acceptors (Lipinski definition) is 6. The minimum absolute atomic E-state index is 0.0335. The predicted molar refractivity (Wildman–Crippen MR) is 136 cm³/mol. The minimum Gasteiger partial charge on any atom is -0.491 e. The van der Waals surface area contributed by atoms with Gasteiger partial charge in [0.1, 0.15) is 16.6 Å². The number of para-hydroxylation sites is 2. The van der Waals surface area contributed by atoms with Gasteiger partial charge in [0, 0.05) is 30.6 Å². The van der Waals surface area contributed by atoms with E-state index in [0.717, 1.165) is 41.4 Å². The number of imidazole rings is 1. The van der Waals surface area contributed by atoms with Crippen LogP contribution in [-0.2, 0) is 12.5 Å². The maximum atomic E-state index is 6.47. The van der Waals surface area contributed by atoms with Crippen LogP contribution in [0.25, 0.3) is 11.4 Å². The summed E-state index contributed by atoms with van der Waals surface area (Å²) in [5.74, 6) is 2.64. The van der Waals surface area contributed by atoms with Gasteiger partial charge in [-0.05, 0) is 36.5 Å². The molecule has 1 aliphatic heterocycles. The van der Waals surface area contributed by atoms with E-state index in [-0.39, 0.29) is 5.41 Å². The van der Waals surface area contributed by atoms with Gasteiger partial charge < -0.3 is 19.9 Å². The Morgan fingerprint density at radius 3 is 2.68 bits per heavy atom. The highest BCUT2D eigenvalue weighted by molar-refractivity contribution is 6.33. The smallest absolute Gasteiger partial charge is 0.229 e. The number of ether oxygens (including phenoxy) is 1. The van der Waals surface area contributed by atoms with Crippen LogP contribution in [0.1, 0.15) is 32.3 Å². The monoisotopic (exact) mass is 474 g/mol. The van der Waals surface area contributed by atoms with Crippen LogP contribution in [-0.4, -0.2) is 26.1 Å². The van der Waals surface area contributed by atoms with Crippen LogP contribution in [0, 0.1) is 0 Å². The second kappa shape index (κ2) is 8.99. The van der Waals surface area contributed by atoms with Crippen molar-refractivity contribution < 1.29 is 4.74 Å². The van der Waals surface area contributed by atoms with E-state index >= 15 is 0 Å². The summed E-state index contributed by atoms with van der Waals surface area (Å²) in [5.41, 5.74) is 3.86. The topological polar surface area (TPSA) is 76.9 Å². The molecule has 0 aliphatic carbocycles. The summed E-state index contributed by atoms with van der Waals surface area (Å²) in [7, 11) is 1.96. The number of halogens is 1. The highest BCUT2D eigenvalue weighted by Gasteiger charge is 2.28. The summed E-state index contributed by atoms with van der Waals surface area (Å²) in [5, 5.41) is 7.12. The summed E-state index contributed by atoms with van der Waals surface area (Å²) in [6.45, 7) is 5.20. The zero-order chi connectivity index (χ0) is 23.7. The first-order chi connectivity index (χ1) is 16.4. The largest absolute Gasteiger partial charge is 0.491 e. The van der Waals surface area contributed by atoms with Crippen LogP contribution in [0.2, 0.25) is 5.02 Å². The molecule has 2 aromatic heterocycles. The molecule has 2 aromatic carbocycles. The number of nitrogens with zero attached hydrogens (tertiary/aromatic N) is 4. The maximum Gasteiger partial charge on any atom is 0.229 e. The summed E-state index contributed by atoms with van der Waals surface area (Å²) < 4.78 is 8.11. The maximum absolute atomic E-state index is 6.47. The zero-order valence-corrected chi connectivity index (χ0v) is 20.2. The van der Waals surface area contributed by atoms with Crippen molar-refractivity contribution >= 4 is 34.7 Å². The molecule has 0 radical (unpaired) electrons. The number of aryl methyl sites for hydroxylation is 1.